The molecule has 2 aromatic heterocycles. The summed E-state index contributed by atoms with van der Waals surface area (Å²) >= 11 is 0. The SMILES string of the molecule is C1=CC2c3ccc4c5ccccc5n(-c5ccc6c(c5)c5ccccc5n6-c5ccccc5)c4c3N(c3ccccc3)C2C=C1. The van der Waals surface area contributed by atoms with Crippen LogP contribution in [0.25, 0.3) is 55.0 Å². The summed E-state index contributed by atoms with van der Waals surface area (Å²) < 4.78 is 4.90. The van der Waals surface area contributed by atoms with Crippen molar-refractivity contribution in [3.05, 3.63) is 169 Å². The number of para-hydroxylation sites is 4. The Labute approximate surface area is 261 Å². The Hall–Kier alpha value is -5.80. The molecular weight excluding hydrogens is 546 g/mol. The van der Waals surface area contributed by atoms with Crippen LogP contribution in [-0.4, -0.2) is 15.2 Å². The fourth-order valence-corrected chi connectivity index (χ4v) is 7.97. The molecule has 0 N–H and O–H groups in total. The summed E-state index contributed by atoms with van der Waals surface area (Å²) in [5.74, 6) is 0.299. The van der Waals surface area contributed by atoms with Crippen molar-refractivity contribution in [3.63, 3.8) is 0 Å². The number of hydrogen-bond donors (Lipinski definition) is 0. The van der Waals surface area contributed by atoms with Crippen LogP contribution in [0.15, 0.2) is 164 Å². The lowest BCUT2D eigenvalue weighted by atomic mass is 9.91. The van der Waals surface area contributed by atoms with Gasteiger partial charge in [0, 0.05) is 44.5 Å². The molecule has 2 aliphatic rings. The molecule has 2 unspecified atom stereocenters. The van der Waals surface area contributed by atoms with E-state index < -0.39 is 0 Å². The van der Waals surface area contributed by atoms with Crippen molar-refractivity contribution in [2.24, 2.45) is 0 Å². The maximum atomic E-state index is 2.57. The van der Waals surface area contributed by atoms with Crippen molar-refractivity contribution < 1.29 is 0 Å². The van der Waals surface area contributed by atoms with Crippen LogP contribution in [0.2, 0.25) is 0 Å². The van der Waals surface area contributed by atoms with E-state index in [0.717, 1.165) is 0 Å². The molecule has 0 radical (unpaired) electrons. The molecule has 0 amide bonds. The van der Waals surface area contributed by atoms with E-state index in [1.807, 2.05) is 0 Å². The highest BCUT2D eigenvalue weighted by Gasteiger charge is 2.39. The molecule has 45 heavy (non-hydrogen) atoms. The van der Waals surface area contributed by atoms with Crippen molar-refractivity contribution in [1.82, 2.24) is 9.13 Å². The molecule has 2 atom stereocenters. The molecule has 3 heteroatoms. The molecule has 0 bridgehead atoms. The van der Waals surface area contributed by atoms with Gasteiger partial charge in [0.05, 0.1) is 33.8 Å². The monoisotopic (exact) mass is 575 g/mol. The van der Waals surface area contributed by atoms with Crippen molar-refractivity contribution in [3.8, 4) is 11.4 Å². The van der Waals surface area contributed by atoms with E-state index in [9.17, 15) is 0 Å². The number of benzene rings is 6. The van der Waals surface area contributed by atoms with E-state index >= 15 is 0 Å². The van der Waals surface area contributed by atoms with Gasteiger partial charge in [-0.05, 0) is 60.2 Å². The Morgan fingerprint density at radius 2 is 1.04 bits per heavy atom. The molecule has 0 fully saturated rings. The number of allylic oxidation sites excluding steroid dienone is 2. The first-order valence-corrected chi connectivity index (χ1v) is 15.7. The van der Waals surface area contributed by atoms with Gasteiger partial charge in [0.25, 0.3) is 0 Å². The number of fused-ring (bicyclic) bond motifs is 10. The molecule has 0 saturated heterocycles. The number of anilines is 2. The summed E-state index contributed by atoms with van der Waals surface area (Å²) in [6.07, 6.45) is 9.14. The molecule has 8 aromatic rings. The Morgan fingerprint density at radius 3 is 1.82 bits per heavy atom. The summed E-state index contributed by atoms with van der Waals surface area (Å²) in [6.45, 7) is 0. The molecule has 3 nitrogen and oxygen atoms in total. The van der Waals surface area contributed by atoms with E-state index in [1.165, 1.54) is 71.9 Å². The molecule has 6 aromatic carbocycles. The zero-order valence-electron chi connectivity index (χ0n) is 24.6. The first kappa shape index (κ1) is 24.6. The smallest absolute Gasteiger partial charge is 0.0782 e. The van der Waals surface area contributed by atoms with Gasteiger partial charge in [-0.15, -0.1) is 0 Å². The number of nitrogens with zero attached hydrogens (tertiary/aromatic N) is 3. The minimum atomic E-state index is 0.232. The number of hydrogen-bond acceptors (Lipinski definition) is 1. The lowest BCUT2D eigenvalue weighted by Crippen LogP contribution is -2.28. The van der Waals surface area contributed by atoms with Gasteiger partial charge in [-0.3, -0.25) is 0 Å². The first-order valence-electron chi connectivity index (χ1n) is 15.7. The summed E-state index contributed by atoms with van der Waals surface area (Å²) in [5, 5.41) is 5.07. The predicted molar refractivity (Wildman–Crippen MR) is 189 cm³/mol. The van der Waals surface area contributed by atoms with Gasteiger partial charge in [0.2, 0.25) is 0 Å². The van der Waals surface area contributed by atoms with Crippen LogP contribution in [0.3, 0.4) is 0 Å². The third-order valence-electron chi connectivity index (χ3n) is 9.81. The van der Waals surface area contributed by atoms with Gasteiger partial charge in [-0.25, -0.2) is 0 Å². The standard InChI is InChI=1S/C42H29N3/c1-3-13-28(14-4-1)43-37-20-10-9-19-33(37)36-27-30(23-26-40(36)43)45-39-22-12-8-18-32(39)35-25-24-34-31-17-7-11-21-38(31)44(41(34)42(35)45)29-15-5-2-6-16-29/h1-27,31,38H. The maximum absolute atomic E-state index is 2.57. The second kappa shape index (κ2) is 9.35. The first-order chi connectivity index (χ1) is 22.4. The average Bonchev–Trinajstić information content (AvgIpc) is 3.74. The van der Waals surface area contributed by atoms with E-state index in [0.29, 0.717) is 5.92 Å². The Kier molecular flexibility index (Phi) is 5.11. The van der Waals surface area contributed by atoms with Gasteiger partial charge in [0.15, 0.2) is 0 Å². The zero-order valence-corrected chi connectivity index (χ0v) is 24.6. The van der Waals surface area contributed by atoms with Crippen LogP contribution in [0.4, 0.5) is 11.4 Å². The van der Waals surface area contributed by atoms with Gasteiger partial charge in [0.1, 0.15) is 0 Å². The maximum Gasteiger partial charge on any atom is 0.0782 e. The summed E-state index contributed by atoms with van der Waals surface area (Å²) in [6, 6.07) is 51.2. The molecule has 0 saturated carbocycles. The van der Waals surface area contributed by atoms with Gasteiger partial charge in [-0.1, -0.05) is 109 Å². The van der Waals surface area contributed by atoms with E-state index in [-0.39, 0.29) is 6.04 Å². The topological polar surface area (TPSA) is 13.1 Å². The van der Waals surface area contributed by atoms with Gasteiger partial charge in [-0.2, -0.15) is 0 Å². The van der Waals surface area contributed by atoms with Crippen molar-refractivity contribution in [2.75, 3.05) is 4.90 Å². The fraction of sp³-hybridized carbons (Fsp3) is 0.0476. The second-order valence-corrected chi connectivity index (χ2v) is 12.1. The average molecular weight is 576 g/mol. The summed E-state index contributed by atoms with van der Waals surface area (Å²) in [7, 11) is 0. The zero-order chi connectivity index (χ0) is 29.5. The lowest BCUT2D eigenvalue weighted by Gasteiger charge is -2.29. The fourth-order valence-electron chi connectivity index (χ4n) is 7.97. The van der Waals surface area contributed by atoms with Crippen LogP contribution in [0, 0.1) is 0 Å². The Balaban J connectivity index is 1.31. The molecule has 1 aliphatic heterocycles. The molecule has 0 spiro atoms. The highest BCUT2D eigenvalue weighted by Crippen LogP contribution is 2.52. The quantitative estimate of drug-likeness (QED) is 0.204. The Bertz CT molecular complexity index is 2500. The molecule has 212 valence electrons. The second-order valence-electron chi connectivity index (χ2n) is 12.1. The number of aromatic nitrogens is 2. The summed E-state index contributed by atoms with van der Waals surface area (Å²) in [5.41, 5.74) is 11.2. The van der Waals surface area contributed by atoms with E-state index in [2.05, 4.69) is 178 Å². The van der Waals surface area contributed by atoms with Crippen LogP contribution < -0.4 is 4.90 Å². The third kappa shape index (κ3) is 3.41. The minimum Gasteiger partial charge on any atom is -0.332 e. The van der Waals surface area contributed by atoms with Gasteiger partial charge < -0.3 is 14.0 Å². The molecular formula is C42H29N3. The van der Waals surface area contributed by atoms with E-state index in [1.54, 1.807) is 0 Å². The molecule has 3 heterocycles. The van der Waals surface area contributed by atoms with Crippen molar-refractivity contribution in [1.29, 1.82) is 0 Å². The molecule has 10 rings (SSSR count). The predicted octanol–water partition coefficient (Wildman–Crippen LogP) is 10.6. The normalized spacial score (nSPS) is 17.1. The number of rotatable bonds is 3. The highest BCUT2D eigenvalue weighted by molar-refractivity contribution is 6.16. The highest BCUT2D eigenvalue weighted by atomic mass is 15.2. The van der Waals surface area contributed by atoms with Crippen LogP contribution in [0.5, 0.6) is 0 Å². The Morgan fingerprint density at radius 1 is 0.422 bits per heavy atom. The third-order valence-corrected chi connectivity index (χ3v) is 9.81. The molecule has 1 aliphatic carbocycles. The van der Waals surface area contributed by atoms with E-state index in [4.69, 9.17) is 0 Å². The summed E-state index contributed by atoms with van der Waals surface area (Å²) in [4.78, 5) is 2.57. The van der Waals surface area contributed by atoms with Crippen LogP contribution in [-0.2, 0) is 0 Å². The largest absolute Gasteiger partial charge is 0.332 e. The lowest BCUT2D eigenvalue weighted by molar-refractivity contribution is 0.745. The van der Waals surface area contributed by atoms with Crippen LogP contribution in [0.1, 0.15) is 11.5 Å². The van der Waals surface area contributed by atoms with Gasteiger partial charge >= 0.3 is 0 Å². The van der Waals surface area contributed by atoms with Crippen LogP contribution >= 0.6 is 0 Å². The van der Waals surface area contributed by atoms with Crippen molar-refractivity contribution in [2.45, 2.75) is 12.0 Å². The minimum absolute atomic E-state index is 0.232. The van der Waals surface area contributed by atoms with Crippen molar-refractivity contribution >= 4 is 55.0 Å².